The first kappa shape index (κ1) is 21.9. The standard InChI is InChI=1S/C21H29N3O3S/c1-16(2)23-28(26,27)19-12-11-17(3)20(15-19)21(25)22-13-8-14-24(4)18-9-6-5-7-10-18/h5-7,9-12,15-16,23H,8,13-14H2,1-4H3,(H,22,25). The number of benzene rings is 2. The van der Waals surface area contributed by atoms with Crippen molar-refractivity contribution >= 4 is 21.6 Å². The van der Waals surface area contributed by atoms with Gasteiger partial charge in [0.15, 0.2) is 0 Å². The van der Waals surface area contributed by atoms with Gasteiger partial charge in [0.1, 0.15) is 0 Å². The van der Waals surface area contributed by atoms with Crippen LogP contribution < -0.4 is 14.9 Å². The van der Waals surface area contributed by atoms with E-state index in [4.69, 9.17) is 0 Å². The highest BCUT2D eigenvalue weighted by molar-refractivity contribution is 7.89. The minimum atomic E-state index is -3.64. The Balaban J connectivity index is 1.96. The molecular formula is C21H29N3O3S. The summed E-state index contributed by atoms with van der Waals surface area (Å²) < 4.78 is 27.2. The van der Waals surface area contributed by atoms with Gasteiger partial charge in [-0.05, 0) is 57.0 Å². The third kappa shape index (κ3) is 6.07. The van der Waals surface area contributed by atoms with E-state index in [1.807, 2.05) is 37.4 Å². The molecule has 0 aromatic heterocycles. The monoisotopic (exact) mass is 403 g/mol. The molecule has 0 saturated heterocycles. The van der Waals surface area contributed by atoms with Gasteiger partial charge >= 0.3 is 0 Å². The number of para-hydroxylation sites is 1. The molecule has 2 aromatic rings. The number of nitrogens with zero attached hydrogens (tertiary/aromatic N) is 1. The molecule has 0 unspecified atom stereocenters. The van der Waals surface area contributed by atoms with Crippen LogP contribution in [0.25, 0.3) is 0 Å². The number of hydrogen-bond donors (Lipinski definition) is 2. The van der Waals surface area contributed by atoms with Crippen LogP contribution in [0.4, 0.5) is 5.69 Å². The van der Waals surface area contributed by atoms with Gasteiger partial charge < -0.3 is 10.2 Å². The number of aryl methyl sites for hydroxylation is 1. The van der Waals surface area contributed by atoms with E-state index in [1.54, 1.807) is 26.8 Å². The minimum Gasteiger partial charge on any atom is -0.375 e. The van der Waals surface area contributed by atoms with Gasteiger partial charge in [0.25, 0.3) is 5.91 Å². The van der Waals surface area contributed by atoms with E-state index in [2.05, 4.69) is 14.9 Å². The normalized spacial score (nSPS) is 11.5. The molecule has 2 aromatic carbocycles. The zero-order valence-electron chi connectivity index (χ0n) is 16.9. The van der Waals surface area contributed by atoms with Crippen molar-refractivity contribution in [2.45, 2.75) is 38.1 Å². The van der Waals surface area contributed by atoms with E-state index in [-0.39, 0.29) is 16.8 Å². The van der Waals surface area contributed by atoms with Gasteiger partial charge in [-0.25, -0.2) is 13.1 Å². The molecule has 2 N–H and O–H groups in total. The van der Waals surface area contributed by atoms with Crippen LogP contribution in [0.3, 0.4) is 0 Å². The summed E-state index contributed by atoms with van der Waals surface area (Å²) in [5.41, 5.74) is 2.24. The first-order valence-electron chi connectivity index (χ1n) is 9.38. The Hall–Kier alpha value is -2.38. The molecule has 0 saturated carbocycles. The highest BCUT2D eigenvalue weighted by Crippen LogP contribution is 2.16. The Morgan fingerprint density at radius 2 is 1.79 bits per heavy atom. The van der Waals surface area contributed by atoms with E-state index >= 15 is 0 Å². The van der Waals surface area contributed by atoms with E-state index in [0.29, 0.717) is 12.1 Å². The molecule has 0 fully saturated rings. The Labute approximate surface area is 168 Å². The Kier molecular flexibility index (Phi) is 7.60. The molecule has 0 aliphatic rings. The fraction of sp³-hybridized carbons (Fsp3) is 0.381. The maximum atomic E-state index is 12.5. The number of sulfonamides is 1. The van der Waals surface area contributed by atoms with Crippen LogP contribution in [-0.4, -0.2) is 40.5 Å². The zero-order chi connectivity index (χ0) is 20.7. The lowest BCUT2D eigenvalue weighted by Crippen LogP contribution is -2.31. The fourth-order valence-electron chi connectivity index (χ4n) is 2.82. The maximum absolute atomic E-state index is 12.5. The van der Waals surface area contributed by atoms with Gasteiger partial charge in [-0.15, -0.1) is 0 Å². The van der Waals surface area contributed by atoms with Gasteiger partial charge in [-0.2, -0.15) is 0 Å². The second-order valence-corrected chi connectivity index (χ2v) is 8.83. The number of hydrogen-bond acceptors (Lipinski definition) is 4. The molecule has 6 nitrogen and oxygen atoms in total. The average Bonchev–Trinajstić information content (AvgIpc) is 2.64. The average molecular weight is 404 g/mol. The largest absolute Gasteiger partial charge is 0.375 e. The van der Waals surface area contributed by atoms with Gasteiger partial charge in [0, 0.05) is 37.4 Å². The van der Waals surface area contributed by atoms with Crippen LogP contribution in [-0.2, 0) is 10.0 Å². The van der Waals surface area contributed by atoms with E-state index in [9.17, 15) is 13.2 Å². The zero-order valence-corrected chi connectivity index (χ0v) is 17.7. The summed E-state index contributed by atoms with van der Waals surface area (Å²) in [5.74, 6) is -0.263. The van der Waals surface area contributed by atoms with Crippen molar-refractivity contribution in [3.05, 3.63) is 59.7 Å². The summed E-state index contributed by atoms with van der Waals surface area (Å²) in [6.45, 7) is 6.62. The minimum absolute atomic E-state index is 0.0979. The predicted molar refractivity (Wildman–Crippen MR) is 113 cm³/mol. The van der Waals surface area contributed by atoms with Gasteiger partial charge in [0.05, 0.1) is 4.90 Å². The van der Waals surface area contributed by atoms with Crippen molar-refractivity contribution < 1.29 is 13.2 Å². The summed E-state index contributed by atoms with van der Waals surface area (Å²) in [4.78, 5) is 14.8. The lowest BCUT2D eigenvalue weighted by Gasteiger charge is -2.19. The third-order valence-corrected chi connectivity index (χ3v) is 5.96. The van der Waals surface area contributed by atoms with E-state index in [1.165, 1.54) is 12.1 Å². The van der Waals surface area contributed by atoms with Crippen LogP contribution in [0.1, 0.15) is 36.2 Å². The topological polar surface area (TPSA) is 78.5 Å². The van der Waals surface area contributed by atoms with Crippen LogP contribution >= 0.6 is 0 Å². The summed E-state index contributed by atoms with van der Waals surface area (Å²) in [5, 5.41) is 2.89. The van der Waals surface area contributed by atoms with Crippen molar-refractivity contribution in [2.24, 2.45) is 0 Å². The van der Waals surface area contributed by atoms with E-state index < -0.39 is 10.0 Å². The number of rotatable bonds is 9. The SMILES string of the molecule is Cc1ccc(S(=O)(=O)NC(C)C)cc1C(=O)NCCCN(C)c1ccccc1. The Morgan fingerprint density at radius 3 is 2.43 bits per heavy atom. The highest BCUT2D eigenvalue weighted by Gasteiger charge is 2.18. The lowest BCUT2D eigenvalue weighted by molar-refractivity contribution is 0.0952. The number of carbonyl (C=O) groups excluding carboxylic acids is 1. The Bertz CT molecular complexity index is 896. The second kappa shape index (κ2) is 9.71. The fourth-order valence-corrected chi connectivity index (χ4v) is 4.09. The van der Waals surface area contributed by atoms with E-state index in [0.717, 1.165) is 24.2 Å². The number of nitrogens with one attached hydrogen (secondary N) is 2. The Morgan fingerprint density at radius 1 is 1.11 bits per heavy atom. The molecule has 2 rings (SSSR count). The summed E-state index contributed by atoms with van der Waals surface area (Å²) in [6, 6.07) is 14.4. The summed E-state index contributed by atoms with van der Waals surface area (Å²) in [7, 11) is -1.62. The lowest BCUT2D eigenvalue weighted by atomic mass is 10.1. The third-order valence-electron chi connectivity index (χ3n) is 4.31. The van der Waals surface area contributed by atoms with Crippen LogP contribution in [0.2, 0.25) is 0 Å². The van der Waals surface area contributed by atoms with Crippen LogP contribution in [0.15, 0.2) is 53.4 Å². The summed E-state index contributed by atoms with van der Waals surface area (Å²) in [6.07, 6.45) is 0.781. The number of anilines is 1. The first-order valence-corrected chi connectivity index (χ1v) is 10.9. The molecule has 1 amide bonds. The number of carbonyl (C=O) groups is 1. The van der Waals surface area contributed by atoms with Gasteiger partial charge in [-0.1, -0.05) is 24.3 Å². The maximum Gasteiger partial charge on any atom is 0.251 e. The molecule has 152 valence electrons. The molecule has 0 bridgehead atoms. The van der Waals surface area contributed by atoms with Crippen molar-refractivity contribution in [1.29, 1.82) is 0 Å². The molecule has 28 heavy (non-hydrogen) atoms. The molecular weight excluding hydrogens is 374 g/mol. The van der Waals surface area contributed by atoms with Crippen molar-refractivity contribution in [3.8, 4) is 0 Å². The number of amides is 1. The van der Waals surface area contributed by atoms with Crippen molar-refractivity contribution in [2.75, 3.05) is 25.0 Å². The first-order chi connectivity index (χ1) is 13.2. The quantitative estimate of drug-likeness (QED) is 0.631. The predicted octanol–water partition coefficient (Wildman–Crippen LogP) is 2.94. The second-order valence-electron chi connectivity index (χ2n) is 7.12. The molecule has 0 aliphatic carbocycles. The van der Waals surface area contributed by atoms with Crippen molar-refractivity contribution in [3.63, 3.8) is 0 Å². The molecule has 0 atom stereocenters. The molecule has 0 heterocycles. The molecule has 0 radical (unpaired) electrons. The van der Waals surface area contributed by atoms with Crippen LogP contribution in [0, 0.1) is 6.92 Å². The molecule has 0 spiro atoms. The van der Waals surface area contributed by atoms with Crippen molar-refractivity contribution in [1.82, 2.24) is 10.0 Å². The molecule has 0 aliphatic heterocycles. The molecule has 7 heteroatoms. The van der Waals surface area contributed by atoms with Gasteiger partial charge in [0.2, 0.25) is 10.0 Å². The summed E-state index contributed by atoms with van der Waals surface area (Å²) >= 11 is 0. The van der Waals surface area contributed by atoms with Crippen LogP contribution in [0.5, 0.6) is 0 Å². The smallest absolute Gasteiger partial charge is 0.251 e. The highest BCUT2D eigenvalue weighted by atomic mass is 32.2. The van der Waals surface area contributed by atoms with Gasteiger partial charge in [-0.3, -0.25) is 4.79 Å².